The molecule has 1 heterocycles. The third kappa shape index (κ3) is 3.08. The van der Waals surface area contributed by atoms with Gasteiger partial charge in [0.1, 0.15) is 29.5 Å². The number of hydrogen-bond acceptors (Lipinski definition) is 10. The Morgan fingerprint density at radius 3 is 2.39 bits per heavy atom. The number of esters is 1. The molecule has 0 radical (unpaired) electrons. The molecule has 226 valence electrons. The van der Waals surface area contributed by atoms with Gasteiger partial charge in [-0.15, -0.1) is 0 Å². The number of likely N-dealkylation sites (tertiary alicyclic amines) is 1. The zero-order valence-electron chi connectivity index (χ0n) is 24.4. The fourth-order valence-corrected chi connectivity index (χ4v) is 11.8. The predicted molar refractivity (Wildman–Crippen MR) is 145 cm³/mol. The Labute approximate surface area is 240 Å². The molecule has 1 aliphatic heterocycles. The van der Waals surface area contributed by atoms with Crippen molar-refractivity contribution in [2.45, 2.75) is 67.0 Å². The summed E-state index contributed by atoms with van der Waals surface area (Å²) in [5.41, 5.74) is -3.95. The molecule has 7 bridgehead atoms. The summed E-state index contributed by atoms with van der Waals surface area (Å²) in [6.07, 6.45) is -2.45. The quantitative estimate of drug-likeness (QED) is 0.402. The number of fused-ring (bicyclic) bond motifs is 2. The Bertz CT molecular complexity index is 1200. The van der Waals surface area contributed by atoms with Gasteiger partial charge < -0.3 is 43.9 Å². The molecule has 5 aliphatic carbocycles. The van der Waals surface area contributed by atoms with E-state index in [1.165, 1.54) is 7.11 Å². The number of methoxy groups -OCH3 is 4. The standard InChI is InChI=1S/C31H43NO9/c1-32-14-28(15-37-2)12-11-18(38-3)30-17-13-29(35)25(41-27(34)16-9-7-6-8-10-16)19(17)31(36,24(33)26(29)40-5)20(23(30)32)21(39-4)22(28)30/h6-10,17-26,33,35-36H,11-15H2,1-5H3/t17-,18?,19-,20?,21+,22-,23?,24+,25-,26+,28+,29+,30?,31-/m1/s1. The first-order valence-corrected chi connectivity index (χ1v) is 14.8. The molecule has 0 amide bonds. The van der Waals surface area contributed by atoms with Crippen LogP contribution in [0.15, 0.2) is 30.3 Å². The molecule has 6 fully saturated rings. The molecule has 10 nitrogen and oxygen atoms in total. The zero-order chi connectivity index (χ0) is 29.1. The largest absolute Gasteiger partial charge is 0.455 e. The number of carbonyl (C=O) groups is 1. The minimum Gasteiger partial charge on any atom is -0.455 e. The average molecular weight is 574 g/mol. The normalized spacial score (nSPS) is 52.9. The maximum absolute atomic E-state index is 13.5. The first-order valence-electron chi connectivity index (χ1n) is 14.8. The van der Waals surface area contributed by atoms with E-state index < -0.39 is 58.8 Å². The van der Waals surface area contributed by atoms with E-state index in [1.807, 2.05) is 6.07 Å². The lowest BCUT2D eigenvalue weighted by Crippen LogP contribution is -2.79. The highest BCUT2D eigenvalue weighted by atomic mass is 16.6. The van der Waals surface area contributed by atoms with Crippen LogP contribution in [-0.2, 0) is 23.7 Å². The lowest BCUT2D eigenvalue weighted by molar-refractivity contribution is -0.313. The molecule has 5 saturated carbocycles. The van der Waals surface area contributed by atoms with Crippen molar-refractivity contribution in [2.75, 3.05) is 48.6 Å². The van der Waals surface area contributed by atoms with Crippen LogP contribution in [0.25, 0.3) is 0 Å². The highest BCUT2D eigenvalue weighted by Crippen LogP contribution is 2.80. The van der Waals surface area contributed by atoms with Gasteiger partial charge in [-0.1, -0.05) is 18.2 Å². The van der Waals surface area contributed by atoms with E-state index in [0.29, 0.717) is 12.2 Å². The van der Waals surface area contributed by atoms with Crippen molar-refractivity contribution in [1.29, 1.82) is 0 Å². The van der Waals surface area contributed by atoms with Crippen molar-refractivity contribution < 1.29 is 43.8 Å². The number of aliphatic hydroxyl groups is 3. The van der Waals surface area contributed by atoms with Crippen LogP contribution < -0.4 is 0 Å². The number of aliphatic hydroxyl groups excluding tert-OH is 1. The SMILES string of the molecule is COC[C@@]12CCC(OC)C34C(C([C@H](OC)[C@@H]31)[C@]1(O)[C@@H]3[C@H]4C[C@](O)([C@@H]3OC(=O)c3ccccc3)[C@@H](OC)[C@@H]1O)N(C)C2. The molecule has 14 atom stereocenters. The van der Waals surface area contributed by atoms with Crippen molar-refractivity contribution in [3.05, 3.63) is 35.9 Å². The fraction of sp³-hybridized carbons (Fsp3) is 0.774. The number of rotatable bonds is 7. The third-order valence-electron chi connectivity index (χ3n) is 12.5. The van der Waals surface area contributed by atoms with Gasteiger partial charge in [0.2, 0.25) is 0 Å². The van der Waals surface area contributed by atoms with Gasteiger partial charge in [-0.25, -0.2) is 4.79 Å². The summed E-state index contributed by atoms with van der Waals surface area (Å²) in [5.74, 6) is -2.30. The van der Waals surface area contributed by atoms with E-state index in [1.54, 1.807) is 45.6 Å². The molecule has 7 rings (SSSR count). The maximum Gasteiger partial charge on any atom is 0.338 e. The van der Waals surface area contributed by atoms with Gasteiger partial charge in [0.25, 0.3) is 0 Å². The summed E-state index contributed by atoms with van der Waals surface area (Å²) in [6, 6.07) is 8.46. The monoisotopic (exact) mass is 573 g/mol. The summed E-state index contributed by atoms with van der Waals surface area (Å²) in [5, 5.41) is 37.6. The lowest BCUT2D eigenvalue weighted by atomic mass is 9.43. The summed E-state index contributed by atoms with van der Waals surface area (Å²) in [4.78, 5) is 15.8. The molecule has 1 aromatic rings. The smallest absolute Gasteiger partial charge is 0.338 e. The predicted octanol–water partition coefficient (Wildman–Crippen LogP) is 0.716. The molecular weight excluding hydrogens is 530 g/mol. The number of piperidine rings is 1. The first kappa shape index (κ1) is 28.2. The van der Waals surface area contributed by atoms with Crippen LogP contribution >= 0.6 is 0 Å². The molecule has 4 unspecified atom stereocenters. The van der Waals surface area contributed by atoms with E-state index >= 15 is 0 Å². The van der Waals surface area contributed by atoms with Gasteiger partial charge in [-0.2, -0.15) is 0 Å². The van der Waals surface area contributed by atoms with Crippen LogP contribution in [0.4, 0.5) is 0 Å². The van der Waals surface area contributed by atoms with E-state index in [9.17, 15) is 20.1 Å². The van der Waals surface area contributed by atoms with Gasteiger partial charge in [0.05, 0.1) is 24.4 Å². The van der Waals surface area contributed by atoms with Crippen molar-refractivity contribution in [2.24, 2.45) is 34.5 Å². The van der Waals surface area contributed by atoms with Crippen molar-refractivity contribution in [3.8, 4) is 0 Å². The second kappa shape index (κ2) is 9.19. The van der Waals surface area contributed by atoms with Crippen molar-refractivity contribution in [1.82, 2.24) is 4.90 Å². The molecule has 3 N–H and O–H groups in total. The van der Waals surface area contributed by atoms with Crippen LogP contribution in [0.5, 0.6) is 0 Å². The van der Waals surface area contributed by atoms with Gasteiger partial charge >= 0.3 is 5.97 Å². The number of benzene rings is 1. The van der Waals surface area contributed by atoms with Crippen molar-refractivity contribution >= 4 is 5.97 Å². The van der Waals surface area contributed by atoms with Gasteiger partial charge in [-0.3, -0.25) is 0 Å². The fourth-order valence-electron chi connectivity index (χ4n) is 11.8. The molecular formula is C31H43NO9. The molecule has 0 aromatic heterocycles. The summed E-state index contributed by atoms with van der Waals surface area (Å²) in [6.45, 7) is 1.29. The first-order chi connectivity index (χ1) is 19.6. The Morgan fingerprint density at radius 1 is 1.02 bits per heavy atom. The van der Waals surface area contributed by atoms with Crippen LogP contribution in [-0.4, -0.2) is 123 Å². The molecule has 41 heavy (non-hydrogen) atoms. The molecule has 6 aliphatic rings. The number of carbonyl (C=O) groups excluding carboxylic acids is 1. The van der Waals surface area contributed by atoms with E-state index in [-0.39, 0.29) is 35.8 Å². The second-order valence-electron chi connectivity index (χ2n) is 13.6. The highest BCUT2D eigenvalue weighted by Gasteiger charge is 2.90. The van der Waals surface area contributed by atoms with Crippen LogP contribution in [0, 0.1) is 34.5 Å². The van der Waals surface area contributed by atoms with E-state index in [4.69, 9.17) is 23.7 Å². The summed E-state index contributed by atoms with van der Waals surface area (Å²) >= 11 is 0. The molecule has 10 heteroatoms. The minimum atomic E-state index is -1.76. The van der Waals surface area contributed by atoms with Gasteiger partial charge in [0.15, 0.2) is 0 Å². The Kier molecular flexibility index (Phi) is 6.31. The van der Waals surface area contributed by atoms with Crippen LogP contribution in [0.3, 0.4) is 0 Å². The topological polar surface area (TPSA) is 127 Å². The number of hydrogen-bond donors (Lipinski definition) is 3. The lowest BCUT2D eigenvalue weighted by Gasteiger charge is -2.69. The second-order valence-corrected chi connectivity index (χ2v) is 13.6. The number of nitrogens with zero attached hydrogens (tertiary/aromatic N) is 1. The van der Waals surface area contributed by atoms with Gasteiger partial charge in [-0.05, 0) is 44.4 Å². The average Bonchev–Trinajstić information content (AvgIpc) is 3.36. The Morgan fingerprint density at radius 2 is 1.76 bits per heavy atom. The maximum atomic E-state index is 13.5. The molecule has 1 aromatic carbocycles. The highest BCUT2D eigenvalue weighted by molar-refractivity contribution is 5.89. The molecule has 1 saturated heterocycles. The molecule has 1 spiro atoms. The minimum absolute atomic E-state index is 0.0644. The van der Waals surface area contributed by atoms with E-state index in [2.05, 4.69) is 11.9 Å². The van der Waals surface area contributed by atoms with E-state index in [0.717, 1.165) is 19.4 Å². The van der Waals surface area contributed by atoms with Crippen LogP contribution in [0.2, 0.25) is 0 Å². The van der Waals surface area contributed by atoms with Gasteiger partial charge in [0, 0.05) is 69.6 Å². The summed E-state index contributed by atoms with van der Waals surface area (Å²) in [7, 11) is 8.65. The Balaban J connectivity index is 1.46. The Hall–Kier alpha value is -1.63. The zero-order valence-corrected chi connectivity index (χ0v) is 24.4. The third-order valence-corrected chi connectivity index (χ3v) is 12.5. The van der Waals surface area contributed by atoms with Crippen molar-refractivity contribution in [3.63, 3.8) is 0 Å². The number of ether oxygens (including phenoxy) is 5. The van der Waals surface area contributed by atoms with Crippen LogP contribution in [0.1, 0.15) is 29.6 Å². The summed E-state index contributed by atoms with van der Waals surface area (Å²) < 4.78 is 30.6.